The van der Waals surface area contributed by atoms with Crippen molar-refractivity contribution in [3.8, 4) is 0 Å². The fraction of sp³-hybridized carbons (Fsp3) is 0.333. The van der Waals surface area contributed by atoms with Gasteiger partial charge in [-0.15, -0.1) is 0 Å². The van der Waals surface area contributed by atoms with E-state index in [0.717, 1.165) is 29.8 Å². The minimum absolute atomic E-state index is 0.104. The zero-order valence-corrected chi connectivity index (χ0v) is 17.8. The van der Waals surface area contributed by atoms with Gasteiger partial charge < -0.3 is 10.2 Å². The number of aliphatic imine (C=N–C) groups is 1. The van der Waals surface area contributed by atoms with E-state index in [1.165, 1.54) is 5.56 Å². The summed E-state index contributed by atoms with van der Waals surface area (Å²) in [5.74, 6) is 0.689. The normalized spacial score (nSPS) is 18.0. The van der Waals surface area contributed by atoms with Gasteiger partial charge in [0.2, 0.25) is 0 Å². The number of carbonyl (C=O) groups excluding carboxylic acids is 1. The van der Waals surface area contributed by atoms with E-state index < -0.39 is 0 Å². The van der Waals surface area contributed by atoms with E-state index in [4.69, 9.17) is 23.2 Å². The van der Waals surface area contributed by atoms with Crippen molar-refractivity contribution in [1.82, 2.24) is 15.2 Å². The van der Waals surface area contributed by atoms with Crippen LogP contribution >= 0.6 is 23.2 Å². The molecule has 3 heterocycles. The zero-order chi connectivity index (χ0) is 20.5. The van der Waals surface area contributed by atoms with Crippen LogP contribution < -0.4 is 5.32 Å². The van der Waals surface area contributed by atoms with Gasteiger partial charge in [0.05, 0.1) is 16.1 Å². The van der Waals surface area contributed by atoms with E-state index >= 15 is 0 Å². The maximum atomic E-state index is 12.8. The van der Waals surface area contributed by atoms with Crippen LogP contribution in [0.1, 0.15) is 29.7 Å². The molecule has 2 aliphatic heterocycles. The minimum atomic E-state index is -0.177. The lowest BCUT2D eigenvalue weighted by atomic mass is 10.0. The second kappa shape index (κ2) is 8.13. The number of halogens is 2. The van der Waals surface area contributed by atoms with Gasteiger partial charge in [0.15, 0.2) is 24.3 Å². The Bertz CT molecular complexity index is 1030. The zero-order valence-electron chi connectivity index (χ0n) is 16.3. The van der Waals surface area contributed by atoms with E-state index in [9.17, 15) is 4.79 Å². The number of hydrogen-bond donors (Lipinski definition) is 1. The van der Waals surface area contributed by atoms with Crippen LogP contribution in [0.3, 0.4) is 0 Å². The van der Waals surface area contributed by atoms with Crippen LogP contribution in [0.15, 0.2) is 35.5 Å². The first-order valence-electron chi connectivity index (χ1n) is 9.50. The van der Waals surface area contributed by atoms with Crippen LogP contribution in [-0.4, -0.2) is 52.6 Å². The highest BCUT2D eigenvalue weighted by Crippen LogP contribution is 2.26. The summed E-state index contributed by atoms with van der Waals surface area (Å²) in [7, 11) is 2.01. The standard InChI is InChI=1S/C21H21Cl2N5O/c1-13(14-3-4-18(22)19(23)7-14)25-21(29)28-6-5-15-9-24-20(8-16(15)10-28)26-17-11-27(2)12-17/h3-4,7-9,11,13H,5-6,10,12H2,1-2H3/p+1. The molecule has 2 aliphatic rings. The second-order valence-electron chi connectivity index (χ2n) is 7.47. The van der Waals surface area contributed by atoms with Crippen molar-refractivity contribution in [3.05, 3.63) is 57.2 Å². The summed E-state index contributed by atoms with van der Waals surface area (Å²) in [5.41, 5.74) is 4.19. The highest BCUT2D eigenvalue weighted by molar-refractivity contribution is 6.42. The molecule has 1 aromatic heterocycles. The van der Waals surface area contributed by atoms with E-state index in [1.807, 2.05) is 43.4 Å². The summed E-state index contributed by atoms with van der Waals surface area (Å²) in [6.45, 7) is 3.96. The second-order valence-corrected chi connectivity index (χ2v) is 8.29. The summed E-state index contributed by atoms with van der Waals surface area (Å²) in [6.07, 6.45) is 4.65. The topological polar surface area (TPSA) is 60.6 Å². The van der Waals surface area contributed by atoms with Crippen molar-refractivity contribution >= 4 is 47.0 Å². The molecule has 150 valence electrons. The molecule has 1 N–H and O–H groups in total. The molecule has 0 saturated carbocycles. The predicted octanol–water partition coefficient (Wildman–Crippen LogP) is 4.02. The number of amides is 2. The summed E-state index contributed by atoms with van der Waals surface area (Å²) < 4.78 is 2.07. The molecule has 29 heavy (non-hydrogen) atoms. The molecule has 6 nitrogen and oxygen atoms in total. The number of rotatable bonds is 3. The number of fused-ring (bicyclic) bond motifs is 1. The fourth-order valence-electron chi connectivity index (χ4n) is 3.50. The Morgan fingerprint density at radius 2 is 2.07 bits per heavy atom. The summed E-state index contributed by atoms with van der Waals surface area (Å²) in [5, 5.41) is 4.03. The summed E-state index contributed by atoms with van der Waals surface area (Å²) in [4.78, 5) is 23.6. The Hall–Kier alpha value is -2.44. The number of carbonyl (C=O) groups is 1. The van der Waals surface area contributed by atoms with Gasteiger partial charge in [-0.1, -0.05) is 29.3 Å². The number of aromatic nitrogens is 1. The van der Waals surface area contributed by atoms with Gasteiger partial charge in [-0.2, -0.15) is 0 Å². The van der Waals surface area contributed by atoms with Crippen LogP contribution in [0.2, 0.25) is 10.0 Å². The van der Waals surface area contributed by atoms with Crippen LogP contribution in [0.25, 0.3) is 0 Å². The Balaban J connectivity index is 1.43. The average Bonchev–Trinajstić information content (AvgIpc) is 2.68. The van der Waals surface area contributed by atoms with Crippen molar-refractivity contribution in [1.29, 1.82) is 0 Å². The third kappa shape index (κ3) is 4.43. The van der Waals surface area contributed by atoms with Crippen LogP contribution in [0.4, 0.5) is 10.6 Å². The van der Waals surface area contributed by atoms with E-state index in [-0.39, 0.29) is 12.1 Å². The number of urea groups is 1. The maximum Gasteiger partial charge on any atom is 0.318 e. The van der Waals surface area contributed by atoms with Gasteiger partial charge in [-0.25, -0.2) is 19.3 Å². The molecule has 0 saturated heterocycles. The van der Waals surface area contributed by atoms with E-state index in [1.54, 1.807) is 12.1 Å². The largest absolute Gasteiger partial charge is 0.331 e. The fourth-order valence-corrected chi connectivity index (χ4v) is 3.80. The highest BCUT2D eigenvalue weighted by Gasteiger charge is 2.23. The molecule has 1 unspecified atom stereocenters. The minimum Gasteiger partial charge on any atom is -0.331 e. The van der Waals surface area contributed by atoms with Gasteiger partial charge in [-0.05, 0) is 48.2 Å². The number of nitrogens with zero attached hydrogens (tertiary/aromatic N) is 4. The molecule has 1 atom stereocenters. The van der Waals surface area contributed by atoms with Crippen LogP contribution in [0, 0.1) is 0 Å². The van der Waals surface area contributed by atoms with Crippen molar-refractivity contribution in [3.63, 3.8) is 0 Å². The molecule has 8 heteroatoms. The molecular weight excluding hydrogens is 409 g/mol. The van der Waals surface area contributed by atoms with Gasteiger partial charge in [0, 0.05) is 19.3 Å². The molecule has 0 fully saturated rings. The molecule has 4 rings (SSSR count). The van der Waals surface area contributed by atoms with E-state index in [2.05, 4.69) is 19.9 Å². The smallest absolute Gasteiger partial charge is 0.318 e. The monoisotopic (exact) mass is 430 g/mol. The molecule has 0 bridgehead atoms. The average molecular weight is 431 g/mol. The van der Waals surface area contributed by atoms with Crippen molar-refractivity contribution in [2.24, 2.45) is 4.99 Å². The predicted molar refractivity (Wildman–Crippen MR) is 116 cm³/mol. The molecule has 0 radical (unpaired) electrons. The van der Waals surface area contributed by atoms with Gasteiger partial charge in [0.1, 0.15) is 7.05 Å². The number of nitrogens with one attached hydrogen (secondary N) is 1. The Morgan fingerprint density at radius 3 is 2.79 bits per heavy atom. The van der Waals surface area contributed by atoms with Gasteiger partial charge >= 0.3 is 6.03 Å². The summed E-state index contributed by atoms with van der Waals surface area (Å²) in [6, 6.07) is 7.10. The number of hydrogen-bond acceptors (Lipinski definition) is 3. The Morgan fingerprint density at radius 1 is 1.28 bits per heavy atom. The SMILES string of the molecule is CC(NC(=O)N1CCc2cnc(N=C3C=[N+](C)C3)cc2C1)c1ccc(Cl)c(Cl)c1. The van der Waals surface area contributed by atoms with Crippen LogP contribution in [-0.2, 0) is 13.0 Å². The lowest BCUT2D eigenvalue weighted by molar-refractivity contribution is -0.487. The molecule has 0 spiro atoms. The lowest BCUT2D eigenvalue weighted by Crippen LogP contribution is -2.43. The third-order valence-electron chi connectivity index (χ3n) is 5.19. The Kier molecular flexibility index (Phi) is 5.56. The van der Waals surface area contributed by atoms with Crippen molar-refractivity contribution in [2.75, 3.05) is 20.1 Å². The molecule has 0 aliphatic carbocycles. The third-order valence-corrected chi connectivity index (χ3v) is 5.93. The maximum absolute atomic E-state index is 12.8. The molecular formula is C21H22Cl2N5O+. The number of benzene rings is 1. The quantitative estimate of drug-likeness (QED) is 0.747. The first-order chi connectivity index (χ1) is 13.9. The first kappa shape index (κ1) is 19.9. The molecule has 1 aromatic carbocycles. The molecule has 2 amide bonds. The van der Waals surface area contributed by atoms with E-state index in [0.29, 0.717) is 29.0 Å². The highest BCUT2D eigenvalue weighted by atomic mass is 35.5. The summed E-state index contributed by atoms with van der Waals surface area (Å²) >= 11 is 12.1. The van der Waals surface area contributed by atoms with Gasteiger partial charge in [-0.3, -0.25) is 0 Å². The van der Waals surface area contributed by atoms with Crippen LogP contribution in [0.5, 0.6) is 0 Å². The lowest BCUT2D eigenvalue weighted by Gasteiger charge is -2.30. The van der Waals surface area contributed by atoms with Gasteiger partial charge in [0.25, 0.3) is 0 Å². The number of pyridine rings is 1. The molecule has 2 aromatic rings. The Labute approximate surface area is 179 Å². The van der Waals surface area contributed by atoms with Crippen molar-refractivity contribution < 1.29 is 9.37 Å². The first-order valence-corrected chi connectivity index (χ1v) is 10.3. The van der Waals surface area contributed by atoms with Crippen molar-refractivity contribution in [2.45, 2.75) is 25.9 Å².